The number of nitrogens with two attached hydrogens (primary N) is 2. The average Bonchev–Trinajstić information content (AvgIpc) is 1.78. The predicted octanol–water partition coefficient (Wildman–Crippen LogP) is 1.07. The molecule has 0 saturated heterocycles. The van der Waals surface area contributed by atoms with E-state index in [0.29, 0.717) is 12.5 Å². The fourth-order valence-corrected chi connectivity index (χ4v) is 0.555. The summed E-state index contributed by atoms with van der Waals surface area (Å²) in [6, 6.07) is 0. The third kappa shape index (κ3) is 5.52. The van der Waals surface area contributed by atoms with Gasteiger partial charge in [-0.1, -0.05) is 6.92 Å². The van der Waals surface area contributed by atoms with Crippen molar-refractivity contribution < 1.29 is 4.74 Å². The van der Waals surface area contributed by atoms with E-state index < -0.39 is 5.72 Å². The van der Waals surface area contributed by atoms with Gasteiger partial charge in [-0.25, -0.2) is 0 Å². The lowest BCUT2D eigenvalue weighted by atomic mass is 9.91. The molecule has 4 N–H and O–H groups in total. The van der Waals surface area contributed by atoms with E-state index in [0.717, 1.165) is 0 Å². The van der Waals surface area contributed by atoms with E-state index in [1.165, 1.54) is 0 Å². The summed E-state index contributed by atoms with van der Waals surface area (Å²) in [4.78, 5) is 0. The van der Waals surface area contributed by atoms with Crippen LogP contribution in [0.15, 0.2) is 0 Å². The summed E-state index contributed by atoms with van der Waals surface area (Å²) in [7, 11) is 0. The zero-order valence-corrected chi connectivity index (χ0v) is 8.85. The SMILES string of the molecule is CC(COC(C)(C)N)C(C)(C)N. The van der Waals surface area contributed by atoms with Crippen molar-refractivity contribution >= 4 is 0 Å². The Balaban J connectivity index is 3.80. The van der Waals surface area contributed by atoms with E-state index in [9.17, 15) is 0 Å². The lowest BCUT2D eigenvalue weighted by Crippen LogP contribution is -2.45. The van der Waals surface area contributed by atoms with Gasteiger partial charge in [0, 0.05) is 5.54 Å². The van der Waals surface area contributed by atoms with Gasteiger partial charge in [0.25, 0.3) is 0 Å². The summed E-state index contributed by atoms with van der Waals surface area (Å²) in [5.74, 6) is 0.306. The summed E-state index contributed by atoms with van der Waals surface area (Å²) in [5, 5.41) is 0. The quantitative estimate of drug-likeness (QED) is 0.627. The fourth-order valence-electron chi connectivity index (χ4n) is 0.555. The van der Waals surface area contributed by atoms with Gasteiger partial charge < -0.3 is 16.2 Å². The van der Waals surface area contributed by atoms with Gasteiger partial charge in [0.1, 0.15) is 5.72 Å². The van der Waals surface area contributed by atoms with Gasteiger partial charge in [0.05, 0.1) is 6.61 Å². The molecule has 1 unspecified atom stereocenters. The Morgan fingerprint density at radius 1 is 1.17 bits per heavy atom. The van der Waals surface area contributed by atoms with E-state index in [2.05, 4.69) is 6.92 Å². The van der Waals surface area contributed by atoms with E-state index >= 15 is 0 Å². The van der Waals surface area contributed by atoms with E-state index in [1.807, 2.05) is 27.7 Å². The molecule has 12 heavy (non-hydrogen) atoms. The molecule has 1 atom stereocenters. The molecule has 74 valence electrons. The van der Waals surface area contributed by atoms with Crippen LogP contribution in [0, 0.1) is 5.92 Å². The third-order valence-corrected chi connectivity index (χ3v) is 1.98. The van der Waals surface area contributed by atoms with Gasteiger partial charge in [0.15, 0.2) is 0 Å². The van der Waals surface area contributed by atoms with Crippen molar-refractivity contribution in [2.45, 2.75) is 45.9 Å². The Kier molecular flexibility index (Phi) is 3.69. The molecule has 0 aromatic carbocycles. The summed E-state index contributed by atoms with van der Waals surface area (Å²) >= 11 is 0. The second-order valence-corrected chi connectivity index (χ2v) is 4.64. The molecule has 0 saturated carbocycles. The average molecular weight is 174 g/mol. The van der Waals surface area contributed by atoms with Gasteiger partial charge in [-0.3, -0.25) is 0 Å². The molecule has 0 fully saturated rings. The molecular weight excluding hydrogens is 152 g/mol. The predicted molar refractivity (Wildman–Crippen MR) is 51.6 cm³/mol. The number of hydrogen-bond donors (Lipinski definition) is 2. The molecule has 0 spiro atoms. The van der Waals surface area contributed by atoms with E-state index in [-0.39, 0.29) is 5.54 Å². The van der Waals surface area contributed by atoms with Crippen LogP contribution in [0.2, 0.25) is 0 Å². The summed E-state index contributed by atoms with van der Waals surface area (Å²) < 4.78 is 5.42. The Bertz CT molecular complexity index is 132. The standard InChI is InChI=1S/C9H22N2O/c1-7(8(2,3)10)6-12-9(4,5)11/h7H,6,10-11H2,1-5H3. The second-order valence-electron chi connectivity index (χ2n) is 4.64. The molecule has 0 heterocycles. The molecule has 0 aliphatic carbocycles. The first-order chi connectivity index (χ1) is 5.13. The first kappa shape index (κ1) is 11.9. The zero-order chi connectivity index (χ0) is 9.99. The topological polar surface area (TPSA) is 61.3 Å². The van der Waals surface area contributed by atoms with Crippen LogP contribution in [0.25, 0.3) is 0 Å². The Hall–Kier alpha value is -0.120. The number of hydrogen-bond acceptors (Lipinski definition) is 3. The minimum atomic E-state index is -0.556. The highest BCUT2D eigenvalue weighted by molar-refractivity contribution is 4.79. The third-order valence-electron chi connectivity index (χ3n) is 1.98. The highest BCUT2D eigenvalue weighted by atomic mass is 16.5. The second kappa shape index (κ2) is 3.73. The van der Waals surface area contributed by atoms with Gasteiger partial charge in [0.2, 0.25) is 0 Å². The molecule has 0 aliphatic rings. The maximum Gasteiger partial charge on any atom is 0.111 e. The maximum atomic E-state index is 5.89. The minimum Gasteiger partial charge on any atom is -0.361 e. The highest BCUT2D eigenvalue weighted by Gasteiger charge is 2.22. The number of rotatable bonds is 4. The van der Waals surface area contributed by atoms with E-state index in [4.69, 9.17) is 16.2 Å². The van der Waals surface area contributed by atoms with Crippen molar-refractivity contribution in [1.29, 1.82) is 0 Å². The first-order valence-electron chi connectivity index (χ1n) is 4.34. The largest absolute Gasteiger partial charge is 0.361 e. The normalized spacial score (nSPS) is 16.2. The molecule has 3 nitrogen and oxygen atoms in total. The van der Waals surface area contributed by atoms with Gasteiger partial charge in [-0.2, -0.15) is 0 Å². The van der Waals surface area contributed by atoms with Crippen molar-refractivity contribution in [2.24, 2.45) is 17.4 Å². The summed E-state index contributed by atoms with van der Waals surface area (Å²) in [6.07, 6.45) is 0. The Morgan fingerprint density at radius 3 is 1.83 bits per heavy atom. The zero-order valence-electron chi connectivity index (χ0n) is 8.85. The minimum absolute atomic E-state index is 0.203. The monoisotopic (exact) mass is 174 g/mol. The van der Waals surface area contributed by atoms with Gasteiger partial charge in [-0.15, -0.1) is 0 Å². The van der Waals surface area contributed by atoms with Crippen molar-refractivity contribution in [3.8, 4) is 0 Å². The Labute approximate surface area is 75.5 Å². The van der Waals surface area contributed by atoms with Crippen LogP contribution >= 0.6 is 0 Å². The smallest absolute Gasteiger partial charge is 0.111 e. The first-order valence-corrected chi connectivity index (χ1v) is 4.34. The Morgan fingerprint density at radius 2 is 1.58 bits per heavy atom. The molecule has 0 amide bonds. The molecule has 0 aromatic heterocycles. The lowest BCUT2D eigenvalue weighted by molar-refractivity contribution is -0.0373. The van der Waals surface area contributed by atoms with E-state index in [1.54, 1.807) is 0 Å². The molecule has 0 radical (unpaired) electrons. The van der Waals surface area contributed by atoms with Crippen LogP contribution in [0.3, 0.4) is 0 Å². The molecule has 0 aromatic rings. The molecule has 3 heteroatoms. The van der Waals surface area contributed by atoms with Crippen LogP contribution < -0.4 is 11.5 Å². The van der Waals surface area contributed by atoms with Crippen LogP contribution in [-0.4, -0.2) is 17.9 Å². The maximum absolute atomic E-state index is 5.89. The van der Waals surface area contributed by atoms with Crippen LogP contribution in [0.4, 0.5) is 0 Å². The van der Waals surface area contributed by atoms with Gasteiger partial charge in [-0.05, 0) is 33.6 Å². The summed E-state index contributed by atoms with van der Waals surface area (Å²) in [6.45, 7) is 10.3. The molecule has 0 rings (SSSR count). The lowest BCUT2D eigenvalue weighted by Gasteiger charge is -2.30. The van der Waals surface area contributed by atoms with Crippen LogP contribution in [0.1, 0.15) is 34.6 Å². The van der Waals surface area contributed by atoms with Crippen molar-refractivity contribution in [1.82, 2.24) is 0 Å². The fraction of sp³-hybridized carbons (Fsp3) is 1.00. The molecule has 0 aliphatic heterocycles. The van der Waals surface area contributed by atoms with Crippen molar-refractivity contribution in [2.75, 3.05) is 6.61 Å². The van der Waals surface area contributed by atoms with Gasteiger partial charge >= 0.3 is 0 Å². The van der Waals surface area contributed by atoms with Crippen molar-refractivity contribution in [3.63, 3.8) is 0 Å². The van der Waals surface area contributed by atoms with Crippen LogP contribution in [-0.2, 0) is 4.74 Å². The van der Waals surface area contributed by atoms with Crippen LogP contribution in [0.5, 0.6) is 0 Å². The molecular formula is C9H22N2O. The summed E-state index contributed by atoms with van der Waals surface area (Å²) in [5.41, 5.74) is 10.8. The molecule has 0 bridgehead atoms. The highest BCUT2D eigenvalue weighted by Crippen LogP contribution is 2.14. The van der Waals surface area contributed by atoms with Crippen molar-refractivity contribution in [3.05, 3.63) is 0 Å². The number of ether oxygens (including phenoxy) is 1.